The Bertz CT molecular complexity index is 941. The lowest BCUT2D eigenvalue weighted by atomic mass is 10.1. The number of para-hydroxylation sites is 1. The fourth-order valence-corrected chi connectivity index (χ4v) is 3.64. The standard InChI is InChI=1S/C23H26N4/c1-3-26-13-15-27(16-14-26)23-21-12-8-7-9-19(21)17-22(25-23)18(2)24-20-10-5-4-6-11-20/h4-12,17H,3,13-16H2,1-2H3. The fraction of sp³-hybridized carbons (Fsp3) is 0.304. The summed E-state index contributed by atoms with van der Waals surface area (Å²) in [4.78, 5) is 14.7. The van der Waals surface area contributed by atoms with E-state index < -0.39 is 0 Å². The Morgan fingerprint density at radius 2 is 1.67 bits per heavy atom. The molecular weight excluding hydrogens is 332 g/mol. The van der Waals surface area contributed by atoms with Crippen molar-refractivity contribution in [1.82, 2.24) is 9.88 Å². The summed E-state index contributed by atoms with van der Waals surface area (Å²) in [6.07, 6.45) is 0. The number of pyridine rings is 1. The SMILES string of the molecule is CCN1CCN(c2nc(C(C)=Nc3ccccc3)cc3ccccc23)CC1. The number of fused-ring (bicyclic) bond motifs is 1. The molecule has 0 amide bonds. The van der Waals surface area contributed by atoms with Crippen LogP contribution < -0.4 is 4.90 Å². The van der Waals surface area contributed by atoms with Gasteiger partial charge < -0.3 is 9.80 Å². The first-order valence-electron chi connectivity index (χ1n) is 9.72. The molecule has 0 bridgehead atoms. The first-order valence-corrected chi connectivity index (χ1v) is 9.72. The Labute approximate surface area is 161 Å². The molecule has 4 nitrogen and oxygen atoms in total. The summed E-state index contributed by atoms with van der Waals surface area (Å²) in [7, 11) is 0. The Balaban J connectivity index is 1.74. The summed E-state index contributed by atoms with van der Waals surface area (Å²) in [5, 5.41) is 2.44. The number of aliphatic imine (C=N–C) groups is 1. The van der Waals surface area contributed by atoms with Crippen LogP contribution in [0.3, 0.4) is 0 Å². The van der Waals surface area contributed by atoms with E-state index in [1.54, 1.807) is 0 Å². The molecule has 1 aliphatic rings. The molecule has 138 valence electrons. The van der Waals surface area contributed by atoms with Crippen molar-refractivity contribution >= 4 is 28.0 Å². The van der Waals surface area contributed by atoms with E-state index in [4.69, 9.17) is 9.98 Å². The Kier molecular flexibility index (Phi) is 5.16. The molecule has 2 heterocycles. The molecule has 1 aliphatic heterocycles. The Hall–Kier alpha value is -2.72. The third-order valence-corrected chi connectivity index (χ3v) is 5.26. The van der Waals surface area contributed by atoms with Crippen molar-refractivity contribution < 1.29 is 0 Å². The molecule has 1 fully saturated rings. The van der Waals surface area contributed by atoms with Gasteiger partial charge in [0.1, 0.15) is 5.82 Å². The molecule has 4 heteroatoms. The van der Waals surface area contributed by atoms with Gasteiger partial charge in [-0.05, 0) is 37.1 Å². The molecule has 1 aromatic heterocycles. The van der Waals surface area contributed by atoms with Crippen molar-refractivity contribution in [2.45, 2.75) is 13.8 Å². The van der Waals surface area contributed by atoms with E-state index in [0.717, 1.165) is 55.6 Å². The number of rotatable bonds is 4. The van der Waals surface area contributed by atoms with Gasteiger partial charge in [0.25, 0.3) is 0 Å². The van der Waals surface area contributed by atoms with Gasteiger partial charge in [-0.25, -0.2) is 4.98 Å². The zero-order chi connectivity index (χ0) is 18.6. The van der Waals surface area contributed by atoms with Crippen LogP contribution in [0.5, 0.6) is 0 Å². The van der Waals surface area contributed by atoms with Gasteiger partial charge in [0.05, 0.1) is 17.1 Å². The zero-order valence-electron chi connectivity index (χ0n) is 16.1. The number of piperazine rings is 1. The van der Waals surface area contributed by atoms with Crippen LogP contribution >= 0.6 is 0 Å². The van der Waals surface area contributed by atoms with Crippen LogP contribution in [-0.2, 0) is 0 Å². The number of aromatic nitrogens is 1. The molecule has 0 N–H and O–H groups in total. The number of hydrogen-bond donors (Lipinski definition) is 0. The monoisotopic (exact) mass is 358 g/mol. The lowest BCUT2D eigenvalue weighted by Gasteiger charge is -2.35. The summed E-state index contributed by atoms with van der Waals surface area (Å²) < 4.78 is 0. The summed E-state index contributed by atoms with van der Waals surface area (Å²) >= 11 is 0. The van der Waals surface area contributed by atoms with Crippen molar-refractivity contribution in [1.29, 1.82) is 0 Å². The number of nitrogens with zero attached hydrogens (tertiary/aromatic N) is 4. The van der Waals surface area contributed by atoms with Crippen molar-refractivity contribution in [3.8, 4) is 0 Å². The van der Waals surface area contributed by atoms with Crippen LogP contribution in [0.4, 0.5) is 11.5 Å². The predicted molar refractivity (Wildman–Crippen MR) is 114 cm³/mol. The topological polar surface area (TPSA) is 31.7 Å². The number of anilines is 1. The molecule has 2 aromatic carbocycles. The zero-order valence-corrected chi connectivity index (χ0v) is 16.1. The van der Waals surface area contributed by atoms with E-state index in [1.807, 2.05) is 37.3 Å². The molecule has 0 unspecified atom stereocenters. The van der Waals surface area contributed by atoms with E-state index in [-0.39, 0.29) is 0 Å². The quantitative estimate of drug-likeness (QED) is 0.643. The second kappa shape index (κ2) is 7.89. The maximum Gasteiger partial charge on any atom is 0.137 e. The largest absolute Gasteiger partial charge is 0.354 e. The summed E-state index contributed by atoms with van der Waals surface area (Å²) in [5.41, 5.74) is 2.86. The third kappa shape index (κ3) is 3.86. The number of likely N-dealkylation sites (N-methyl/N-ethyl adjacent to an activating group) is 1. The molecular formula is C23H26N4. The average molecular weight is 358 g/mol. The highest BCUT2D eigenvalue weighted by Crippen LogP contribution is 2.27. The van der Waals surface area contributed by atoms with Gasteiger partial charge >= 0.3 is 0 Å². The van der Waals surface area contributed by atoms with Crippen LogP contribution in [0.25, 0.3) is 10.8 Å². The normalized spacial score (nSPS) is 16.1. The average Bonchev–Trinajstić information content (AvgIpc) is 2.73. The van der Waals surface area contributed by atoms with Gasteiger partial charge in [0.15, 0.2) is 0 Å². The van der Waals surface area contributed by atoms with E-state index >= 15 is 0 Å². The van der Waals surface area contributed by atoms with Crippen LogP contribution in [0.1, 0.15) is 19.5 Å². The second-order valence-electron chi connectivity index (χ2n) is 7.01. The summed E-state index contributed by atoms with van der Waals surface area (Å²) in [5.74, 6) is 1.08. The highest BCUT2D eigenvalue weighted by atomic mass is 15.3. The smallest absolute Gasteiger partial charge is 0.137 e. The molecule has 0 saturated carbocycles. The van der Waals surface area contributed by atoms with Crippen molar-refractivity contribution in [2.24, 2.45) is 4.99 Å². The van der Waals surface area contributed by atoms with Crippen LogP contribution in [0.2, 0.25) is 0 Å². The predicted octanol–water partition coefficient (Wildman–Crippen LogP) is 4.52. The first kappa shape index (κ1) is 17.7. The van der Waals surface area contributed by atoms with Gasteiger partial charge in [-0.2, -0.15) is 0 Å². The van der Waals surface area contributed by atoms with E-state index in [2.05, 4.69) is 47.1 Å². The minimum Gasteiger partial charge on any atom is -0.354 e. The van der Waals surface area contributed by atoms with Gasteiger partial charge in [-0.3, -0.25) is 4.99 Å². The Morgan fingerprint density at radius 3 is 2.41 bits per heavy atom. The summed E-state index contributed by atoms with van der Waals surface area (Å²) in [6.45, 7) is 9.61. The molecule has 3 aromatic rings. The number of benzene rings is 2. The number of hydrogen-bond acceptors (Lipinski definition) is 4. The molecule has 0 aliphatic carbocycles. The minimum atomic E-state index is 0.945. The molecule has 27 heavy (non-hydrogen) atoms. The lowest BCUT2D eigenvalue weighted by molar-refractivity contribution is 0.271. The van der Waals surface area contributed by atoms with Gasteiger partial charge in [0.2, 0.25) is 0 Å². The summed E-state index contributed by atoms with van der Waals surface area (Å²) in [6, 6.07) is 20.8. The van der Waals surface area contributed by atoms with Crippen molar-refractivity contribution in [3.05, 3.63) is 66.4 Å². The van der Waals surface area contributed by atoms with Gasteiger partial charge in [-0.1, -0.05) is 49.4 Å². The van der Waals surface area contributed by atoms with E-state index in [9.17, 15) is 0 Å². The van der Waals surface area contributed by atoms with E-state index in [1.165, 1.54) is 10.8 Å². The van der Waals surface area contributed by atoms with Crippen molar-refractivity contribution in [3.63, 3.8) is 0 Å². The van der Waals surface area contributed by atoms with Crippen LogP contribution in [0, 0.1) is 0 Å². The first-order chi connectivity index (χ1) is 13.2. The lowest BCUT2D eigenvalue weighted by Crippen LogP contribution is -2.46. The fourth-order valence-electron chi connectivity index (χ4n) is 3.64. The molecule has 0 atom stereocenters. The minimum absolute atomic E-state index is 0.945. The maximum atomic E-state index is 5.05. The third-order valence-electron chi connectivity index (χ3n) is 5.26. The maximum absolute atomic E-state index is 5.05. The molecule has 4 rings (SSSR count). The molecule has 0 spiro atoms. The van der Waals surface area contributed by atoms with Crippen LogP contribution in [-0.4, -0.2) is 48.3 Å². The highest BCUT2D eigenvalue weighted by Gasteiger charge is 2.19. The highest BCUT2D eigenvalue weighted by molar-refractivity contribution is 6.03. The van der Waals surface area contributed by atoms with Gasteiger partial charge in [-0.15, -0.1) is 0 Å². The van der Waals surface area contributed by atoms with E-state index in [0.29, 0.717) is 0 Å². The molecule has 1 saturated heterocycles. The van der Waals surface area contributed by atoms with Gasteiger partial charge in [0, 0.05) is 31.6 Å². The molecule has 0 radical (unpaired) electrons. The second-order valence-corrected chi connectivity index (χ2v) is 7.01. The van der Waals surface area contributed by atoms with Crippen LogP contribution in [0.15, 0.2) is 65.7 Å². The Morgan fingerprint density at radius 1 is 0.963 bits per heavy atom. The van der Waals surface area contributed by atoms with Crippen molar-refractivity contribution in [2.75, 3.05) is 37.6 Å².